The van der Waals surface area contributed by atoms with Crippen LogP contribution in [-0.2, 0) is 6.54 Å². The highest BCUT2D eigenvalue weighted by atomic mass is 16.3. The summed E-state index contributed by atoms with van der Waals surface area (Å²) >= 11 is 0. The Hall–Kier alpha value is -1.39. The second-order valence-corrected chi connectivity index (χ2v) is 4.22. The van der Waals surface area contributed by atoms with Crippen molar-refractivity contribution in [2.24, 2.45) is 0 Å². The van der Waals surface area contributed by atoms with E-state index in [0.717, 1.165) is 23.4 Å². The van der Waals surface area contributed by atoms with Crippen LogP contribution in [-0.4, -0.2) is 33.9 Å². The average Bonchev–Trinajstić information content (AvgIpc) is 2.64. The third-order valence-electron chi connectivity index (χ3n) is 2.87. The van der Waals surface area contributed by atoms with Crippen molar-refractivity contribution in [3.8, 4) is 0 Å². The lowest BCUT2D eigenvalue weighted by Gasteiger charge is -2.13. The number of aliphatic hydroxyl groups excluding tert-OH is 1. The van der Waals surface area contributed by atoms with Gasteiger partial charge in [0.2, 0.25) is 0 Å². The largest absolute Gasteiger partial charge is 0.390 e. The number of hydrogen-bond donors (Lipinski definition) is 2. The van der Waals surface area contributed by atoms with E-state index in [0.29, 0.717) is 13.1 Å². The van der Waals surface area contributed by atoms with E-state index in [1.165, 1.54) is 0 Å². The van der Waals surface area contributed by atoms with Crippen molar-refractivity contribution in [3.63, 3.8) is 0 Å². The third kappa shape index (κ3) is 2.65. The van der Waals surface area contributed by atoms with E-state index in [9.17, 15) is 5.11 Å². The van der Waals surface area contributed by atoms with Gasteiger partial charge in [-0.3, -0.25) is 0 Å². The summed E-state index contributed by atoms with van der Waals surface area (Å²) in [7, 11) is 0. The molecule has 92 valence electrons. The lowest BCUT2D eigenvalue weighted by Crippen LogP contribution is -2.30. The summed E-state index contributed by atoms with van der Waals surface area (Å²) in [5.41, 5.74) is 2.07. The third-order valence-corrected chi connectivity index (χ3v) is 2.87. The molecule has 0 fully saturated rings. The number of fused-ring (bicyclic) bond motifs is 1. The molecule has 1 atom stereocenters. The quantitative estimate of drug-likeness (QED) is 0.818. The molecule has 2 rings (SSSR count). The molecule has 4 nitrogen and oxygen atoms in total. The van der Waals surface area contributed by atoms with Crippen molar-refractivity contribution in [1.29, 1.82) is 0 Å². The monoisotopic (exact) mass is 233 g/mol. The zero-order valence-electron chi connectivity index (χ0n) is 10.3. The molecular weight excluding hydrogens is 214 g/mol. The predicted molar refractivity (Wildman–Crippen MR) is 69.0 cm³/mol. The smallest absolute Gasteiger partial charge is 0.106 e. The summed E-state index contributed by atoms with van der Waals surface area (Å²) in [6.07, 6.45) is -0.383. The van der Waals surface area contributed by atoms with Crippen molar-refractivity contribution in [2.45, 2.75) is 26.5 Å². The van der Waals surface area contributed by atoms with Gasteiger partial charge in [-0.15, -0.1) is 0 Å². The van der Waals surface area contributed by atoms with Crippen LogP contribution in [0.1, 0.15) is 12.7 Å². The molecule has 1 aromatic heterocycles. The molecule has 0 bridgehead atoms. The summed E-state index contributed by atoms with van der Waals surface area (Å²) in [5, 5.41) is 13.1. The minimum absolute atomic E-state index is 0.383. The number of benzene rings is 1. The van der Waals surface area contributed by atoms with Gasteiger partial charge >= 0.3 is 0 Å². The first-order chi connectivity index (χ1) is 8.22. The molecule has 1 aromatic carbocycles. The zero-order chi connectivity index (χ0) is 12.3. The molecule has 2 N–H and O–H groups in total. The number of aliphatic hydroxyl groups is 1. The van der Waals surface area contributed by atoms with Gasteiger partial charge in [-0.2, -0.15) is 0 Å². The van der Waals surface area contributed by atoms with Crippen molar-refractivity contribution in [1.82, 2.24) is 14.9 Å². The summed E-state index contributed by atoms with van der Waals surface area (Å²) in [4.78, 5) is 4.48. The molecule has 2 aromatic rings. The summed E-state index contributed by atoms with van der Waals surface area (Å²) < 4.78 is 2.07. The van der Waals surface area contributed by atoms with E-state index in [1.807, 2.05) is 38.1 Å². The van der Waals surface area contributed by atoms with Gasteiger partial charge in [0.25, 0.3) is 0 Å². The fourth-order valence-electron chi connectivity index (χ4n) is 2.01. The second-order valence-electron chi connectivity index (χ2n) is 4.22. The Morgan fingerprint density at radius 1 is 1.41 bits per heavy atom. The van der Waals surface area contributed by atoms with E-state index in [1.54, 1.807) is 0 Å². The van der Waals surface area contributed by atoms with E-state index in [4.69, 9.17) is 0 Å². The summed E-state index contributed by atoms with van der Waals surface area (Å²) in [5.74, 6) is 0.946. The average molecular weight is 233 g/mol. The Morgan fingerprint density at radius 3 is 2.94 bits per heavy atom. The molecular formula is C13H19N3O. The molecule has 1 heterocycles. The van der Waals surface area contributed by atoms with Crippen molar-refractivity contribution >= 4 is 11.0 Å². The first-order valence-corrected chi connectivity index (χ1v) is 6.03. The molecule has 4 heteroatoms. The Morgan fingerprint density at radius 2 is 2.18 bits per heavy atom. The highest BCUT2D eigenvalue weighted by Gasteiger charge is 2.10. The van der Waals surface area contributed by atoms with Gasteiger partial charge in [0.05, 0.1) is 23.7 Å². The topological polar surface area (TPSA) is 50.1 Å². The molecule has 0 aliphatic rings. The fraction of sp³-hybridized carbons (Fsp3) is 0.462. The number of nitrogens with zero attached hydrogens (tertiary/aromatic N) is 2. The lowest BCUT2D eigenvalue weighted by atomic mass is 10.3. The van der Waals surface area contributed by atoms with Crippen LogP contribution in [0.4, 0.5) is 0 Å². The van der Waals surface area contributed by atoms with Crippen molar-refractivity contribution in [2.75, 3.05) is 13.1 Å². The zero-order valence-corrected chi connectivity index (χ0v) is 10.3. The summed E-state index contributed by atoms with van der Waals surface area (Å²) in [6, 6.07) is 8.01. The number of hydrogen-bond acceptors (Lipinski definition) is 3. The molecule has 0 radical (unpaired) electrons. The lowest BCUT2D eigenvalue weighted by molar-refractivity contribution is 0.153. The minimum Gasteiger partial charge on any atom is -0.390 e. The first kappa shape index (κ1) is 12.1. The highest BCUT2D eigenvalue weighted by molar-refractivity contribution is 5.75. The van der Waals surface area contributed by atoms with Gasteiger partial charge < -0.3 is 15.0 Å². The molecule has 0 saturated carbocycles. The highest BCUT2D eigenvalue weighted by Crippen LogP contribution is 2.15. The van der Waals surface area contributed by atoms with Crippen molar-refractivity contribution in [3.05, 3.63) is 30.1 Å². The number of aryl methyl sites for hydroxylation is 1. The van der Waals surface area contributed by atoms with Gasteiger partial charge in [0, 0.05) is 6.54 Å². The standard InChI is InChI=1S/C13H19N3O/c1-3-14-8-11(17)9-16-10(2)15-12-6-4-5-7-13(12)16/h4-7,11,14,17H,3,8-9H2,1-2H3. The van der Waals surface area contributed by atoms with Crippen LogP contribution in [0, 0.1) is 6.92 Å². The van der Waals surface area contributed by atoms with Crippen LogP contribution in [0.15, 0.2) is 24.3 Å². The summed E-state index contributed by atoms with van der Waals surface area (Å²) in [6.45, 7) is 6.08. The maximum atomic E-state index is 9.92. The first-order valence-electron chi connectivity index (χ1n) is 6.03. The van der Waals surface area contributed by atoms with Crippen LogP contribution < -0.4 is 5.32 Å². The predicted octanol–water partition coefficient (Wildman–Crippen LogP) is 1.32. The number of nitrogens with one attached hydrogen (secondary N) is 1. The van der Waals surface area contributed by atoms with Gasteiger partial charge in [-0.05, 0) is 25.6 Å². The maximum absolute atomic E-state index is 9.92. The van der Waals surface area contributed by atoms with Crippen molar-refractivity contribution < 1.29 is 5.11 Å². The van der Waals surface area contributed by atoms with Gasteiger partial charge in [-0.1, -0.05) is 19.1 Å². The molecule has 0 aliphatic carbocycles. The van der Waals surface area contributed by atoms with Gasteiger partial charge in [0.15, 0.2) is 0 Å². The number of aromatic nitrogens is 2. The minimum atomic E-state index is -0.383. The van der Waals surface area contributed by atoms with Crippen LogP contribution in [0.25, 0.3) is 11.0 Å². The number of para-hydroxylation sites is 2. The van der Waals surface area contributed by atoms with Crippen LogP contribution in [0.5, 0.6) is 0 Å². The Bertz CT molecular complexity index is 492. The van der Waals surface area contributed by atoms with Gasteiger partial charge in [0.1, 0.15) is 5.82 Å². The molecule has 0 aliphatic heterocycles. The number of likely N-dealkylation sites (N-methyl/N-ethyl adjacent to an activating group) is 1. The van der Waals surface area contributed by atoms with E-state index in [-0.39, 0.29) is 6.10 Å². The Labute approximate surface area is 101 Å². The fourth-order valence-corrected chi connectivity index (χ4v) is 2.01. The SMILES string of the molecule is CCNCC(O)Cn1c(C)nc2ccccc21. The van der Waals surface area contributed by atoms with Crippen LogP contribution >= 0.6 is 0 Å². The van der Waals surface area contributed by atoms with E-state index >= 15 is 0 Å². The molecule has 1 unspecified atom stereocenters. The van der Waals surface area contributed by atoms with Gasteiger partial charge in [-0.25, -0.2) is 4.98 Å². The second kappa shape index (κ2) is 5.29. The normalized spacial score (nSPS) is 13.1. The van der Waals surface area contributed by atoms with E-state index in [2.05, 4.69) is 14.9 Å². The van der Waals surface area contributed by atoms with E-state index < -0.39 is 0 Å². The van der Waals surface area contributed by atoms with Crippen LogP contribution in [0.3, 0.4) is 0 Å². The molecule has 0 spiro atoms. The maximum Gasteiger partial charge on any atom is 0.106 e. The Kier molecular flexibility index (Phi) is 3.76. The number of imidazole rings is 1. The molecule has 0 saturated heterocycles. The van der Waals surface area contributed by atoms with Crippen LogP contribution in [0.2, 0.25) is 0 Å². The number of rotatable bonds is 5. The molecule has 0 amide bonds. The Balaban J connectivity index is 2.20. The molecule has 17 heavy (non-hydrogen) atoms.